The number of carbonyl (C=O) groups excluding carboxylic acids is 2. The minimum absolute atomic E-state index is 0.0634. The number of anilines is 2. The Kier molecular flexibility index (Phi) is 11.9. The maximum atomic E-state index is 13.8. The van der Waals surface area contributed by atoms with Crippen molar-refractivity contribution >= 4 is 33.2 Å². The minimum atomic E-state index is -3.71. The molecule has 0 fully saturated rings. The third-order valence-electron chi connectivity index (χ3n) is 7.52. The first-order valence-corrected chi connectivity index (χ1v) is 16.8. The molecule has 2 amide bonds. The van der Waals surface area contributed by atoms with E-state index < -0.39 is 34.0 Å². The number of benzene rings is 4. The van der Waals surface area contributed by atoms with E-state index in [9.17, 15) is 23.1 Å². The van der Waals surface area contributed by atoms with Crippen LogP contribution in [0, 0.1) is 0 Å². The number of nitrogens with zero attached hydrogens (tertiary/aromatic N) is 1. The molecule has 46 heavy (non-hydrogen) atoms. The average Bonchev–Trinajstić information content (AvgIpc) is 3.07. The Balaban J connectivity index is 1.58. The zero-order valence-electron chi connectivity index (χ0n) is 26.2. The van der Waals surface area contributed by atoms with Crippen LogP contribution in [-0.4, -0.2) is 56.8 Å². The fourth-order valence-electron chi connectivity index (χ4n) is 4.82. The number of rotatable bonds is 15. The van der Waals surface area contributed by atoms with Gasteiger partial charge in [-0.2, -0.15) is 0 Å². The molecule has 0 bridgehead atoms. The zero-order chi connectivity index (χ0) is 33.1. The van der Waals surface area contributed by atoms with Crippen molar-refractivity contribution in [1.82, 2.24) is 16.1 Å². The maximum absolute atomic E-state index is 13.8. The lowest BCUT2D eigenvalue weighted by Crippen LogP contribution is -2.51. The van der Waals surface area contributed by atoms with Crippen LogP contribution >= 0.6 is 0 Å². The van der Waals surface area contributed by atoms with Gasteiger partial charge in [0.2, 0.25) is 10.0 Å². The van der Waals surface area contributed by atoms with Crippen molar-refractivity contribution in [3.8, 4) is 0 Å². The lowest BCUT2D eigenvalue weighted by Gasteiger charge is -2.28. The lowest BCUT2D eigenvalue weighted by molar-refractivity contribution is 0.0830. The predicted molar refractivity (Wildman–Crippen MR) is 182 cm³/mol. The molecule has 11 heteroatoms. The van der Waals surface area contributed by atoms with Gasteiger partial charge in [-0.3, -0.25) is 14.3 Å². The molecule has 0 aliphatic heterocycles. The van der Waals surface area contributed by atoms with Crippen LogP contribution in [0.25, 0.3) is 0 Å². The van der Waals surface area contributed by atoms with E-state index in [2.05, 4.69) is 20.8 Å². The van der Waals surface area contributed by atoms with Gasteiger partial charge in [0, 0.05) is 24.7 Å². The van der Waals surface area contributed by atoms with E-state index in [1.807, 2.05) is 105 Å². The molecule has 0 aromatic heterocycles. The van der Waals surface area contributed by atoms with E-state index in [-0.39, 0.29) is 35.2 Å². The Hall–Kier alpha value is -4.71. The van der Waals surface area contributed by atoms with E-state index in [0.29, 0.717) is 6.42 Å². The van der Waals surface area contributed by atoms with Gasteiger partial charge in [-0.1, -0.05) is 78.9 Å². The van der Waals surface area contributed by atoms with Crippen LogP contribution in [0.1, 0.15) is 51.7 Å². The van der Waals surface area contributed by atoms with Crippen molar-refractivity contribution in [2.24, 2.45) is 0 Å². The lowest BCUT2D eigenvalue weighted by atomic mass is 10.00. The van der Waals surface area contributed by atoms with Crippen molar-refractivity contribution in [2.75, 3.05) is 29.1 Å². The van der Waals surface area contributed by atoms with Gasteiger partial charge in [0.05, 0.1) is 35.3 Å². The summed E-state index contributed by atoms with van der Waals surface area (Å²) in [6.07, 6.45) is -0.680. The molecule has 4 aromatic rings. The fourth-order valence-corrected chi connectivity index (χ4v) is 5.45. The van der Waals surface area contributed by atoms with Crippen LogP contribution < -0.4 is 25.8 Å². The number of nitrogens with one attached hydrogen (secondary N) is 4. The zero-order valence-corrected chi connectivity index (χ0v) is 27.0. The number of hydrogen-bond acceptors (Lipinski definition) is 7. The number of para-hydroxylation sites is 1. The van der Waals surface area contributed by atoms with E-state index in [0.717, 1.165) is 16.8 Å². The number of aliphatic hydroxyl groups is 1. The topological polar surface area (TPSA) is 140 Å². The summed E-state index contributed by atoms with van der Waals surface area (Å²) in [4.78, 5) is 27.1. The largest absolute Gasteiger partial charge is 0.390 e. The van der Waals surface area contributed by atoms with Crippen molar-refractivity contribution in [1.29, 1.82) is 0 Å². The highest BCUT2D eigenvalue weighted by Crippen LogP contribution is 2.20. The van der Waals surface area contributed by atoms with Crippen LogP contribution in [-0.2, 0) is 16.4 Å². The van der Waals surface area contributed by atoms with Crippen LogP contribution in [0.5, 0.6) is 0 Å². The van der Waals surface area contributed by atoms with Gasteiger partial charge in [0.25, 0.3) is 11.8 Å². The summed E-state index contributed by atoms with van der Waals surface area (Å²) in [6, 6.07) is 31.6. The Labute approximate surface area is 270 Å². The molecule has 0 spiro atoms. The molecular formula is C35H41N5O5S. The molecule has 0 unspecified atom stereocenters. The molecule has 3 atom stereocenters. The molecule has 0 radical (unpaired) electrons. The highest BCUT2D eigenvalue weighted by molar-refractivity contribution is 7.92. The molecule has 4 aromatic carbocycles. The van der Waals surface area contributed by atoms with Gasteiger partial charge >= 0.3 is 0 Å². The minimum Gasteiger partial charge on any atom is -0.390 e. The quantitative estimate of drug-likeness (QED) is 0.122. The SMILES string of the molecule is CCS(=O)(=O)Nc1cc(C(=O)N[C@@H](Cc2ccccc2)[C@H](O)CNN(C)c2ccccc2)cc(C(=O)N[C@H](C)c2ccccc2)c1. The van der Waals surface area contributed by atoms with Gasteiger partial charge in [-0.05, 0) is 61.7 Å². The standard InChI is InChI=1S/C35H41N5O5S/c1-4-46(44,45)39-30-22-28(34(42)37-25(2)27-16-10-6-11-17-27)21-29(23-30)35(43)38-32(20-26-14-8-5-9-15-26)33(41)24-36-40(3)31-18-12-7-13-19-31/h5-19,21-23,25,32-33,36,39,41H,4,20,24H2,1-3H3,(H,37,42)(H,38,43)/t25-,32+,33-/m1/s1. The van der Waals surface area contributed by atoms with Gasteiger partial charge in [-0.25, -0.2) is 13.8 Å². The summed E-state index contributed by atoms with van der Waals surface area (Å²) < 4.78 is 27.3. The third kappa shape index (κ3) is 9.90. The van der Waals surface area contributed by atoms with E-state index in [4.69, 9.17) is 0 Å². The number of aliphatic hydroxyl groups excluding tert-OH is 1. The Morgan fingerprint density at radius 1 is 0.804 bits per heavy atom. The predicted octanol–water partition coefficient (Wildman–Crippen LogP) is 4.28. The van der Waals surface area contributed by atoms with Crippen LogP contribution in [0.15, 0.2) is 109 Å². The number of sulfonamides is 1. The summed E-state index contributed by atoms with van der Waals surface area (Å²) in [5, 5.41) is 18.9. The van der Waals surface area contributed by atoms with Crippen LogP contribution in [0.4, 0.5) is 11.4 Å². The maximum Gasteiger partial charge on any atom is 0.251 e. The molecule has 0 heterocycles. The van der Waals surface area contributed by atoms with Gasteiger partial charge in [-0.15, -0.1) is 0 Å². The molecule has 5 N–H and O–H groups in total. The summed E-state index contributed by atoms with van der Waals surface area (Å²) >= 11 is 0. The Morgan fingerprint density at radius 2 is 1.35 bits per heavy atom. The van der Waals surface area contributed by atoms with E-state index in [1.54, 1.807) is 5.01 Å². The van der Waals surface area contributed by atoms with Crippen LogP contribution in [0.3, 0.4) is 0 Å². The Morgan fingerprint density at radius 3 is 1.93 bits per heavy atom. The molecule has 0 saturated heterocycles. The van der Waals surface area contributed by atoms with Crippen molar-refractivity contribution in [3.63, 3.8) is 0 Å². The summed E-state index contributed by atoms with van der Waals surface area (Å²) in [6.45, 7) is 3.46. The first kappa shape index (κ1) is 34.2. The third-order valence-corrected chi connectivity index (χ3v) is 8.83. The normalized spacial score (nSPS) is 13.2. The van der Waals surface area contributed by atoms with Crippen molar-refractivity contribution in [2.45, 2.75) is 38.5 Å². The second-order valence-corrected chi connectivity index (χ2v) is 13.0. The number of hydrogen-bond donors (Lipinski definition) is 5. The molecule has 242 valence electrons. The van der Waals surface area contributed by atoms with Crippen molar-refractivity contribution in [3.05, 3.63) is 131 Å². The fraction of sp³-hybridized carbons (Fsp3) is 0.257. The second kappa shape index (κ2) is 16.0. The highest BCUT2D eigenvalue weighted by atomic mass is 32.2. The summed E-state index contributed by atoms with van der Waals surface area (Å²) in [5.74, 6) is -1.23. The Bertz CT molecular complexity index is 1690. The number of amides is 2. The molecule has 0 aliphatic carbocycles. The summed E-state index contributed by atoms with van der Waals surface area (Å²) in [5.41, 5.74) is 6.12. The first-order chi connectivity index (χ1) is 22.0. The van der Waals surface area contributed by atoms with Gasteiger partial charge in [0.1, 0.15) is 0 Å². The first-order valence-electron chi connectivity index (χ1n) is 15.1. The molecule has 4 rings (SSSR count). The molecule has 0 saturated carbocycles. The van der Waals surface area contributed by atoms with Gasteiger partial charge < -0.3 is 20.7 Å². The molecular weight excluding hydrogens is 602 g/mol. The van der Waals surface area contributed by atoms with Crippen LogP contribution in [0.2, 0.25) is 0 Å². The molecule has 0 aliphatic rings. The van der Waals surface area contributed by atoms with E-state index in [1.165, 1.54) is 25.1 Å². The molecule has 10 nitrogen and oxygen atoms in total. The number of carbonyl (C=O) groups is 2. The monoisotopic (exact) mass is 643 g/mol. The smallest absolute Gasteiger partial charge is 0.251 e. The van der Waals surface area contributed by atoms with E-state index >= 15 is 0 Å². The average molecular weight is 644 g/mol. The number of hydrazine groups is 1. The van der Waals surface area contributed by atoms with Crippen molar-refractivity contribution < 1.29 is 23.1 Å². The highest BCUT2D eigenvalue weighted by Gasteiger charge is 2.24. The summed E-state index contributed by atoms with van der Waals surface area (Å²) in [7, 11) is -1.87. The van der Waals surface area contributed by atoms with Gasteiger partial charge in [0.15, 0.2) is 0 Å². The second-order valence-electron chi connectivity index (χ2n) is 11.0.